The molecule has 0 radical (unpaired) electrons. The number of rotatable bonds is 5. The molecule has 0 aliphatic rings. The van der Waals surface area contributed by atoms with Crippen LogP contribution in [0, 0.1) is 5.92 Å². The van der Waals surface area contributed by atoms with Gasteiger partial charge in [0, 0.05) is 16.1 Å². The van der Waals surface area contributed by atoms with Crippen molar-refractivity contribution in [2.75, 3.05) is 5.73 Å². The van der Waals surface area contributed by atoms with Gasteiger partial charge in [-0.15, -0.1) is 11.3 Å². The lowest BCUT2D eigenvalue weighted by atomic mass is 10.0. The van der Waals surface area contributed by atoms with Crippen LogP contribution < -0.4 is 11.1 Å². The van der Waals surface area contributed by atoms with Crippen LogP contribution in [0.25, 0.3) is 10.1 Å². The maximum absolute atomic E-state index is 12.4. The normalized spacial score (nSPS) is 14.1. The first-order valence-electron chi connectivity index (χ1n) is 7.21. The van der Waals surface area contributed by atoms with E-state index in [0.29, 0.717) is 21.5 Å². The molecule has 0 saturated carbocycles. The van der Waals surface area contributed by atoms with Gasteiger partial charge < -0.3 is 11.1 Å². The summed E-state index contributed by atoms with van der Waals surface area (Å²) in [4.78, 5) is 13.0. The highest BCUT2D eigenvalue weighted by Crippen LogP contribution is 2.37. The van der Waals surface area contributed by atoms with Crippen LogP contribution in [0.15, 0.2) is 18.2 Å². The number of thiophene rings is 1. The van der Waals surface area contributed by atoms with Gasteiger partial charge in [-0.25, -0.2) is 0 Å². The second kappa shape index (κ2) is 6.67. The highest BCUT2D eigenvalue weighted by molar-refractivity contribution is 7.21. The molecule has 2 rings (SSSR count). The first kappa shape index (κ1) is 16.1. The number of nitrogen functional groups attached to an aromatic ring is 1. The molecule has 2 atom stereocenters. The number of halogens is 1. The second-order valence-electron chi connectivity index (χ2n) is 5.58. The van der Waals surface area contributed by atoms with Crippen LogP contribution in [0.2, 0.25) is 5.02 Å². The molecule has 21 heavy (non-hydrogen) atoms. The van der Waals surface area contributed by atoms with Gasteiger partial charge in [0.1, 0.15) is 4.88 Å². The minimum Gasteiger partial charge on any atom is -0.397 e. The summed E-state index contributed by atoms with van der Waals surface area (Å²) in [5.74, 6) is 0.482. The maximum Gasteiger partial charge on any atom is 0.263 e. The number of nitrogens with one attached hydrogen (secondary N) is 1. The highest BCUT2D eigenvalue weighted by Gasteiger charge is 2.19. The van der Waals surface area contributed by atoms with Crippen molar-refractivity contribution >= 4 is 44.6 Å². The molecule has 2 unspecified atom stereocenters. The summed E-state index contributed by atoms with van der Waals surface area (Å²) in [6, 6.07) is 5.72. The Kier molecular flexibility index (Phi) is 5.12. The van der Waals surface area contributed by atoms with Crippen molar-refractivity contribution in [2.24, 2.45) is 5.92 Å². The summed E-state index contributed by atoms with van der Waals surface area (Å²) in [7, 11) is 0. The first-order chi connectivity index (χ1) is 9.93. The molecule has 1 aromatic heterocycles. The third-order valence-electron chi connectivity index (χ3n) is 3.74. The Balaban J connectivity index is 2.20. The maximum atomic E-state index is 12.4. The lowest BCUT2D eigenvalue weighted by Crippen LogP contribution is -2.33. The van der Waals surface area contributed by atoms with Gasteiger partial charge in [0.05, 0.1) is 10.7 Å². The molecular formula is C16H21ClN2OS. The van der Waals surface area contributed by atoms with E-state index in [2.05, 4.69) is 19.2 Å². The van der Waals surface area contributed by atoms with Gasteiger partial charge in [0.15, 0.2) is 0 Å². The Morgan fingerprint density at radius 1 is 1.43 bits per heavy atom. The minimum atomic E-state index is -0.111. The molecule has 5 heteroatoms. The van der Waals surface area contributed by atoms with Gasteiger partial charge in [-0.3, -0.25) is 4.79 Å². The summed E-state index contributed by atoms with van der Waals surface area (Å²) in [5.41, 5.74) is 6.59. The molecule has 3 N–H and O–H groups in total. The van der Waals surface area contributed by atoms with E-state index in [1.165, 1.54) is 11.3 Å². The van der Waals surface area contributed by atoms with E-state index in [1.54, 1.807) is 6.07 Å². The van der Waals surface area contributed by atoms with Crippen LogP contribution >= 0.6 is 22.9 Å². The third-order valence-corrected chi connectivity index (χ3v) is 5.22. The number of fused-ring (bicyclic) bond motifs is 1. The minimum absolute atomic E-state index is 0.111. The van der Waals surface area contributed by atoms with E-state index in [9.17, 15) is 4.79 Å². The highest BCUT2D eigenvalue weighted by atomic mass is 35.5. The zero-order valence-corrected chi connectivity index (χ0v) is 14.1. The lowest BCUT2D eigenvalue weighted by Gasteiger charge is -2.17. The molecule has 0 bridgehead atoms. The fraction of sp³-hybridized carbons (Fsp3) is 0.438. The standard InChI is InChI=1S/C16H21ClN2OS/c1-4-9(2)8-10(3)19-16(20)15-14(18)13-11(17)6-5-7-12(13)21-15/h5-7,9-10H,4,8,18H2,1-3H3,(H,19,20). The quantitative estimate of drug-likeness (QED) is 0.838. The molecule has 0 fully saturated rings. The Hall–Kier alpha value is -1.26. The number of hydrogen-bond acceptors (Lipinski definition) is 3. The lowest BCUT2D eigenvalue weighted by molar-refractivity contribution is 0.0940. The Morgan fingerprint density at radius 2 is 2.14 bits per heavy atom. The number of anilines is 1. The molecule has 0 aliphatic heterocycles. The van der Waals surface area contributed by atoms with Gasteiger partial charge in [0.2, 0.25) is 0 Å². The van der Waals surface area contributed by atoms with E-state index in [4.69, 9.17) is 17.3 Å². The number of carbonyl (C=O) groups is 1. The average molecular weight is 325 g/mol. The van der Waals surface area contributed by atoms with Crippen molar-refractivity contribution in [3.8, 4) is 0 Å². The third kappa shape index (κ3) is 3.50. The Morgan fingerprint density at radius 3 is 2.76 bits per heavy atom. The van der Waals surface area contributed by atoms with Gasteiger partial charge in [-0.05, 0) is 31.4 Å². The fourth-order valence-corrected chi connectivity index (χ4v) is 3.80. The molecule has 114 valence electrons. The molecule has 0 spiro atoms. The van der Waals surface area contributed by atoms with Crippen LogP contribution in [0.1, 0.15) is 43.3 Å². The molecular weight excluding hydrogens is 304 g/mol. The molecule has 1 aromatic carbocycles. The number of benzene rings is 1. The molecule has 1 heterocycles. The zero-order chi connectivity index (χ0) is 15.6. The summed E-state index contributed by atoms with van der Waals surface area (Å²) in [6.45, 7) is 6.38. The van der Waals surface area contributed by atoms with E-state index >= 15 is 0 Å². The second-order valence-corrected chi connectivity index (χ2v) is 7.04. The fourth-order valence-electron chi connectivity index (χ4n) is 2.42. The number of hydrogen-bond donors (Lipinski definition) is 2. The van der Waals surface area contributed by atoms with Gasteiger partial charge >= 0.3 is 0 Å². The molecule has 0 aliphatic carbocycles. The largest absolute Gasteiger partial charge is 0.397 e. The van der Waals surface area contributed by atoms with Crippen molar-refractivity contribution < 1.29 is 4.79 Å². The van der Waals surface area contributed by atoms with E-state index < -0.39 is 0 Å². The average Bonchev–Trinajstić information content (AvgIpc) is 2.77. The van der Waals surface area contributed by atoms with Crippen LogP contribution in [0.3, 0.4) is 0 Å². The van der Waals surface area contributed by atoms with Crippen molar-refractivity contribution in [3.63, 3.8) is 0 Å². The van der Waals surface area contributed by atoms with Crippen LogP contribution in [0.4, 0.5) is 5.69 Å². The van der Waals surface area contributed by atoms with Crippen molar-refractivity contribution in [3.05, 3.63) is 28.1 Å². The predicted molar refractivity (Wildman–Crippen MR) is 92.2 cm³/mol. The van der Waals surface area contributed by atoms with Gasteiger partial charge in [-0.1, -0.05) is 37.9 Å². The predicted octanol–water partition coefficient (Wildman–Crippen LogP) is 4.69. The van der Waals surface area contributed by atoms with Gasteiger partial charge in [0.25, 0.3) is 5.91 Å². The number of amides is 1. The molecule has 3 nitrogen and oxygen atoms in total. The summed E-state index contributed by atoms with van der Waals surface area (Å²) < 4.78 is 0.944. The molecule has 0 saturated heterocycles. The van der Waals surface area contributed by atoms with E-state index in [0.717, 1.165) is 22.9 Å². The van der Waals surface area contributed by atoms with Gasteiger partial charge in [-0.2, -0.15) is 0 Å². The summed E-state index contributed by atoms with van der Waals surface area (Å²) >= 11 is 7.56. The summed E-state index contributed by atoms with van der Waals surface area (Å²) in [5, 5.41) is 4.40. The summed E-state index contributed by atoms with van der Waals surface area (Å²) in [6.07, 6.45) is 2.08. The van der Waals surface area contributed by atoms with E-state index in [-0.39, 0.29) is 11.9 Å². The SMILES string of the molecule is CCC(C)CC(C)NC(=O)c1sc2cccc(Cl)c2c1N. The van der Waals surface area contributed by atoms with E-state index in [1.807, 2.05) is 19.1 Å². The monoisotopic (exact) mass is 324 g/mol. The zero-order valence-electron chi connectivity index (χ0n) is 12.6. The van der Waals surface area contributed by atoms with Crippen LogP contribution in [-0.4, -0.2) is 11.9 Å². The Labute approximate surface area is 134 Å². The smallest absolute Gasteiger partial charge is 0.263 e. The first-order valence-corrected chi connectivity index (χ1v) is 8.40. The van der Waals surface area contributed by atoms with Crippen molar-refractivity contribution in [2.45, 2.75) is 39.7 Å². The topological polar surface area (TPSA) is 55.1 Å². The molecule has 2 aromatic rings. The van der Waals surface area contributed by atoms with Crippen LogP contribution in [-0.2, 0) is 0 Å². The molecule has 1 amide bonds. The Bertz CT molecular complexity index is 653. The van der Waals surface area contributed by atoms with Crippen molar-refractivity contribution in [1.82, 2.24) is 5.32 Å². The van der Waals surface area contributed by atoms with Crippen molar-refractivity contribution in [1.29, 1.82) is 0 Å². The van der Waals surface area contributed by atoms with Crippen LogP contribution in [0.5, 0.6) is 0 Å². The number of carbonyl (C=O) groups excluding carboxylic acids is 1. The number of nitrogens with two attached hydrogens (primary N) is 1.